The largest absolute Gasteiger partial charge is 0.508 e. The molecule has 3 fully saturated rings. The van der Waals surface area contributed by atoms with E-state index in [0.29, 0.717) is 142 Å². The lowest BCUT2D eigenvalue weighted by atomic mass is 9.90. The van der Waals surface area contributed by atoms with Gasteiger partial charge in [0, 0.05) is 138 Å². The van der Waals surface area contributed by atoms with Crippen molar-refractivity contribution in [2.75, 3.05) is 85.6 Å². The number of amides is 6. The molecule has 0 spiro atoms. The van der Waals surface area contributed by atoms with E-state index < -0.39 is 18.1 Å². The molecule has 0 saturated carbocycles. The highest BCUT2D eigenvalue weighted by molar-refractivity contribution is 5.93. The van der Waals surface area contributed by atoms with Gasteiger partial charge in [0.25, 0.3) is 0 Å². The second-order valence-corrected chi connectivity index (χ2v) is 31.9. The van der Waals surface area contributed by atoms with Crippen LogP contribution in [0.5, 0.6) is 11.5 Å². The number of guanidine groups is 3. The standard InChI is InChI=1S/C34H42N6O3.C34H42N6O2.C33H40N6O3/c1-43-31-17-9-8-15-27(31)18-19-32(41)38-23-28-20-22-40(33(42)30(39-28)16-10-21-37-34(35)36)24-29(25-11-4-2-5-12-25)26-13-6-3-7-14-26;1-25-14-16-26(17-15-25)18-19-32(41)38-23-29-20-22-40(33(42)31(39-29)13-8-21-37-34(35)36)24-30(27-9-4-2-5-10-27)28-11-6-3-7-12-28;34-33(35)36-20-7-12-30-32(42)39(23-29(25-8-3-1-4-9-25)26-10-5-2-6-11-26)21-19-27(38-30)22-37-31(41)18-15-24-13-16-28(40)17-14-24/h2-9,11-15,17-19,28-30,39H,10,16,20-24H2,1H3,(H,38,41)(H4,35,36,37);2-7,9-12,14-19,29-31,39H,8,13,20-24H2,1H3,(H,38,41)(H4,35,36,37);1-6,8-11,13-18,27,29-30,38,40H,7,12,19-23H2,(H,37,41)(H4,34,35,36)/b2*19-18+;18-15+/t28-,30-;29-,31-;27-,30-/m000/s1. The number of nitrogens with two attached hydrogens (primary N) is 6. The first kappa shape index (κ1) is 95.5. The zero-order valence-electron chi connectivity index (χ0n) is 72.7. The molecule has 3 heterocycles. The van der Waals surface area contributed by atoms with Crippen LogP contribution in [-0.4, -0.2) is 195 Å². The van der Waals surface area contributed by atoms with Gasteiger partial charge in [0.15, 0.2) is 17.9 Å². The number of rotatable bonds is 37. The Hall–Kier alpha value is -13.7. The maximum atomic E-state index is 13.9. The third-order valence-corrected chi connectivity index (χ3v) is 22.6. The van der Waals surface area contributed by atoms with Crippen LogP contribution in [0.25, 0.3) is 18.2 Å². The number of aliphatic imine (C=N–C) groups is 3. The molecule has 26 nitrogen and oxygen atoms in total. The number of nitrogens with one attached hydrogen (secondary N) is 6. The molecule has 0 radical (unpaired) electrons. The number of carbonyl (C=O) groups excluding carboxylic acids is 6. The average Bonchev–Trinajstić information content (AvgIpc) is 1.78. The van der Waals surface area contributed by atoms with Crippen molar-refractivity contribution in [2.45, 2.75) is 119 Å². The summed E-state index contributed by atoms with van der Waals surface area (Å²) < 4.78 is 5.36. The SMILES string of the molecule is COc1ccccc1/C=C/C(=O)NC[C@@H]1CCN(CC(c2ccccc2)c2ccccc2)C(=O)[C@H](CCCN=C(N)N)N1.Cc1ccc(/C=C/C(=O)NC[C@@H]2CCN(CC(c3ccccc3)c3ccccc3)C(=O)[C@H](CCCN=C(N)N)N2)cc1.NC(N)=NCCC[C@@H]1N[C@H](CNC(=O)/C=C/c2ccc(O)cc2)CCN(CC(c2ccccc2)c2ccccc2)C1=O. The lowest BCUT2D eigenvalue weighted by Crippen LogP contribution is -2.49. The molecule has 666 valence electrons. The van der Waals surface area contributed by atoms with Crippen LogP contribution in [-0.2, 0) is 28.8 Å². The first-order valence-corrected chi connectivity index (χ1v) is 43.7. The Labute approximate surface area is 746 Å². The Bertz CT molecular complexity index is 4730. The molecule has 0 unspecified atom stereocenters. The molecule has 6 atom stereocenters. The van der Waals surface area contributed by atoms with Crippen LogP contribution < -0.4 is 71.0 Å². The van der Waals surface area contributed by atoms with Gasteiger partial charge in [-0.2, -0.15) is 0 Å². The fourth-order valence-corrected chi connectivity index (χ4v) is 15.8. The third-order valence-electron chi connectivity index (χ3n) is 22.6. The van der Waals surface area contributed by atoms with Gasteiger partial charge in [-0.25, -0.2) is 0 Å². The van der Waals surface area contributed by atoms with Crippen LogP contribution in [0.15, 0.2) is 288 Å². The number of hydrogen-bond donors (Lipinski definition) is 13. The Morgan fingerprint density at radius 1 is 0.402 bits per heavy atom. The normalized spacial score (nSPS) is 17.2. The van der Waals surface area contributed by atoms with Crippen molar-refractivity contribution >= 4 is 71.5 Å². The van der Waals surface area contributed by atoms with Crippen molar-refractivity contribution in [1.82, 2.24) is 46.6 Å². The summed E-state index contributed by atoms with van der Waals surface area (Å²) >= 11 is 0. The molecule has 127 heavy (non-hydrogen) atoms. The van der Waals surface area contributed by atoms with Crippen molar-refractivity contribution in [2.24, 2.45) is 49.4 Å². The topological polar surface area (TPSA) is 407 Å². The van der Waals surface area contributed by atoms with Crippen molar-refractivity contribution in [1.29, 1.82) is 0 Å². The molecular formula is C101H124N18O8. The molecule has 0 bridgehead atoms. The van der Waals surface area contributed by atoms with Crippen LogP contribution >= 0.6 is 0 Å². The average molecular weight is 1720 g/mol. The molecule has 0 aromatic heterocycles. The van der Waals surface area contributed by atoms with Gasteiger partial charge in [-0.3, -0.25) is 43.7 Å². The summed E-state index contributed by atoms with van der Waals surface area (Å²) in [6.07, 6.45) is 15.5. The van der Waals surface area contributed by atoms with E-state index in [-0.39, 0.29) is 95.0 Å². The van der Waals surface area contributed by atoms with E-state index in [1.54, 1.807) is 55.7 Å². The minimum atomic E-state index is -0.427. The molecule has 19 N–H and O–H groups in total. The van der Waals surface area contributed by atoms with Crippen molar-refractivity contribution in [3.63, 3.8) is 0 Å². The molecule has 26 heteroatoms. The monoisotopic (exact) mass is 1720 g/mol. The Morgan fingerprint density at radius 2 is 0.677 bits per heavy atom. The molecule has 12 rings (SSSR count). The molecule has 0 aliphatic carbocycles. The highest BCUT2D eigenvalue weighted by Gasteiger charge is 2.36. The number of carbonyl (C=O) groups is 6. The Balaban J connectivity index is 0.000000199. The molecule has 9 aromatic rings. The zero-order chi connectivity index (χ0) is 89.9. The van der Waals surface area contributed by atoms with Gasteiger partial charge in [0.2, 0.25) is 35.4 Å². The van der Waals surface area contributed by atoms with Gasteiger partial charge >= 0.3 is 0 Å². The first-order valence-electron chi connectivity index (χ1n) is 43.7. The number of methoxy groups -OCH3 is 1. The number of benzene rings is 9. The molecule has 3 aliphatic heterocycles. The number of para-hydroxylation sites is 1. The number of ether oxygens (including phenoxy) is 1. The van der Waals surface area contributed by atoms with Crippen LogP contribution in [0.1, 0.15) is 131 Å². The predicted octanol–water partition coefficient (Wildman–Crippen LogP) is 9.81. The summed E-state index contributed by atoms with van der Waals surface area (Å²) in [7, 11) is 1.60. The van der Waals surface area contributed by atoms with E-state index in [0.717, 1.165) is 38.9 Å². The summed E-state index contributed by atoms with van der Waals surface area (Å²) in [5, 5.41) is 29.0. The van der Waals surface area contributed by atoms with Crippen molar-refractivity contribution in [3.8, 4) is 11.5 Å². The van der Waals surface area contributed by atoms with Crippen LogP contribution in [0, 0.1) is 6.92 Å². The second-order valence-electron chi connectivity index (χ2n) is 31.9. The third kappa shape index (κ3) is 32.4. The minimum absolute atomic E-state index is 0.0277. The molecule has 9 aromatic carbocycles. The van der Waals surface area contributed by atoms with E-state index in [1.807, 2.05) is 179 Å². The Kier molecular flexibility index (Phi) is 38.8. The molecule has 3 aliphatic rings. The van der Waals surface area contributed by atoms with Gasteiger partial charge in [0.1, 0.15) is 11.5 Å². The van der Waals surface area contributed by atoms with E-state index in [4.69, 9.17) is 39.1 Å². The smallest absolute Gasteiger partial charge is 0.244 e. The molecular weight excluding hydrogens is 1590 g/mol. The summed E-state index contributed by atoms with van der Waals surface area (Å²) in [5.74, 6) is 0.637. The highest BCUT2D eigenvalue weighted by atomic mass is 16.5. The lowest BCUT2D eigenvalue weighted by Gasteiger charge is -2.29. The maximum absolute atomic E-state index is 13.9. The van der Waals surface area contributed by atoms with Crippen LogP contribution in [0.2, 0.25) is 0 Å². The second kappa shape index (κ2) is 51.5. The van der Waals surface area contributed by atoms with Crippen molar-refractivity contribution in [3.05, 3.63) is 329 Å². The van der Waals surface area contributed by atoms with Crippen molar-refractivity contribution < 1.29 is 38.6 Å². The molecule has 3 saturated heterocycles. The summed E-state index contributed by atoms with van der Waals surface area (Å²) in [4.78, 5) is 97.8. The number of phenolic OH excluding ortho intramolecular Hbond substituents is 1. The quantitative estimate of drug-likeness (QED) is 0.00745. The van der Waals surface area contributed by atoms with Gasteiger partial charge in [-0.1, -0.05) is 242 Å². The summed E-state index contributed by atoms with van der Waals surface area (Å²) in [5.41, 5.74) is 43.7. The predicted molar refractivity (Wildman–Crippen MR) is 508 cm³/mol. The van der Waals surface area contributed by atoms with Crippen LogP contribution in [0.4, 0.5) is 0 Å². The fraction of sp³-hybridized carbons (Fsp3) is 0.317. The first-order chi connectivity index (χ1) is 61.7. The Morgan fingerprint density at radius 3 is 0.969 bits per heavy atom. The minimum Gasteiger partial charge on any atom is -0.508 e. The highest BCUT2D eigenvalue weighted by Crippen LogP contribution is 2.32. The lowest BCUT2D eigenvalue weighted by molar-refractivity contribution is -0.133. The zero-order valence-corrected chi connectivity index (χ0v) is 72.7. The fourth-order valence-electron chi connectivity index (χ4n) is 15.8. The number of phenols is 1. The van der Waals surface area contributed by atoms with Gasteiger partial charge in [0.05, 0.1) is 25.2 Å². The van der Waals surface area contributed by atoms with E-state index in [1.165, 1.54) is 28.8 Å². The van der Waals surface area contributed by atoms with Gasteiger partial charge in [-0.15, -0.1) is 0 Å². The number of aryl methyl sites for hydroxylation is 1. The van der Waals surface area contributed by atoms with Gasteiger partial charge in [-0.05, 0) is 146 Å². The van der Waals surface area contributed by atoms with E-state index in [2.05, 4.69) is 120 Å². The van der Waals surface area contributed by atoms with E-state index in [9.17, 15) is 33.9 Å². The van der Waals surface area contributed by atoms with Crippen LogP contribution in [0.3, 0.4) is 0 Å². The summed E-state index contributed by atoms with van der Waals surface area (Å²) in [6, 6.07) is 82.4. The summed E-state index contributed by atoms with van der Waals surface area (Å²) in [6.45, 7) is 7.96. The number of aromatic hydroxyl groups is 1. The number of hydrogen-bond acceptors (Lipinski definition) is 14. The number of nitrogens with zero attached hydrogens (tertiary/aromatic N) is 6. The maximum Gasteiger partial charge on any atom is 0.244 e. The van der Waals surface area contributed by atoms with Gasteiger partial charge < -0.3 is 90.8 Å². The van der Waals surface area contributed by atoms with E-state index >= 15 is 0 Å². The molecule has 6 amide bonds.